The largest absolute Gasteiger partial charge is 0.338 e. The summed E-state index contributed by atoms with van der Waals surface area (Å²) >= 11 is 0. The molecule has 0 saturated heterocycles. The average molecular weight is 185 g/mol. The van der Waals surface area contributed by atoms with Crippen molar-refractivity contribution in [2.75, 3.05) is 0 Å². The number of nitro groups is 2. The van der Waals surface area contributed by atoms with Crippen molar-refractivity contribution >= 4 is 12.2 Å². The maximum absolute atomic E-state index is 10.00. The van der Waals surface area contributed by atoms with Crippen molar-refractivity contribution in [1.82, 2.24) is 5.32 Å². The van der Waals surface area contributed by atoms with Gasteiger partial charge < -0.3 is 5.32 Å². The van der Waals surface area contributed by atoms with Crippen LogP contribution in [0.1, 0.15) is 0 Å². The van der Waals surface area contributed by atoms with E-state index in [0.717, 1.165) is 6.34 Å². The van der Waals surface area contributed by atoms with Gasteiger partial charge in [-0.1, -0.05) is 0 Å². The van der Waals surface area contributed by atoms with E-state index < -0.39 is 9.96 Å². The van der Waals surface area contributed by atoms with Crippen LogP contribution in [-0.4, -0.2) is 22.1 Å². The van der Waals surface area contributed by atoms with Crippen molar-refractivity contribution in [3.05, 3.63) is 32.1 Å². The summed E-state index contributed by atoms with van der Waals surface area (Å²) in [5.74, 6) is -0.318. The van der Waals surface area contributed by atoms with Crippen LogP contribution in [0.5, 0.6) is 0 Å². The summed E-state index contributed by atoms with van der Waals surface area (Å²) in [6.45, 7) is 0. The molecule has 0 spiro atoms. The van der Waals surface area contributed by atoms with Gasteiger partial charge in [-0.3, -0.25) is 10.1 Å². The Bertz CT molecular complexity index is 342. The molecule has 0 aromatic heterocycles. The fourth-order valence-corrected chi connectivity index (χ4v) is 0.654. The van der Waals surface area contributed by atoms with E-state index in [4.69, 9.17) is 0 Å². The monoisotopic (exact) mass is 185 g/mol. The summed E-state index contributed by atoms with van der Waals surface area (Å²) in [5, 5.41) is 24.1. The summed E-state index contributed by atoms with van der Waals surface area (Å²) in [6, 6.07) is 0. The zero-order valence-electron chi connectivity index (χ0n) is 6.08. The Hall–Kier alpha value is -2.32. The van der Waals surface area contributed by atoms with Crippen LogP contribution >= 0.6 is 0 Å². The molecule has 0 amide bonds. The van der Waals surface area contributed by atoms with Crippen molar-refractivity contribution in [2.24, 2.45) is 10.1 Å². The molecule has 1 aliphatic rings. The fraction of sp³-hybridized carbons (Fsp3) is 0. The minimum atomic E-state index is -0.979. The maximum atomic E-state index is 10.00. The smallest absolute Gasteiger partial charge is 0.261 e. The second-order valence-electron chi connectivity index (χ2n) is 1.89. The fourth-order valence-electron chi connectivity index (χ4n) is 0.654. The summed E-state index contributed by atoms with van der Waals surface area (Å²) in [4.78, 5) is 22.6. The zero-order chi connectivity index (χ0) is 9.84. The summed E-state index contributed by atoms with van der Waals surface area (Å²) in [5.41, 5.74) is -0.110. The van der Waals surface area contributed by atoms with Gasteiger partial charge in [-0.25, -0.2) is 15.1 Å². The molecule has 1 heterocycles. The number of hydrogen-bond acceptors (Lipinski definition) is 5. The number of rotatable bonds is 2. The van der Waals surface area contributed by atoms with E-state index in [2.05, 4.69) is 15.4 Å². The van der Waals surface area contributed by atoms with Gasteiger partial charge in [0.25, 0.3) is 12.0 Å². The highest BCUT2D eigenvalue weighted by Gasteiger charge is 2.18. The standard InChI is InChI=1S/C4H3N5O4/c10-8(11)1-3-4(6-2-5-3)7-9(12)13/h1-2H,(H,5,6,7). The van der Waals surface area contributed by atoms with E-state index >= 15 is 0 Å². The van der Waals surface area contributed by atoms with Crippen LogP contribution in [0.15, 0.2) is 22.0 Å². The topological polar surface area (TPSA) is 123 Å². The number of nitrogens with one attached hydrogen (secondary N) is 1. The lowest BCUT2D eigenvalue weighted by Crippen LogP contribution is -2.11. The average Bonchev–Trinajstić information content (AvgIpc) is 2.34. The third-order valence-electron chi connectivity index (χ3n) is 1.06. The molecule has 0 aromatic rings. The van der Waals surface area contributed by atoms with Gasteiger partial charge in [-0.2, -0.15) is 0 Å². The van der Waals surface area contributed by atoms with E-state index in [1.54, 1.807) is 0 Å². The highest BCUT2D eigenvalue weighted by Crippen LogP contribution is 2.01. The second kappa shape index (κ2) is 3.38. The molecule has 0 aliphatic carbocycles. The van der Waals surface area contributed by atoms with Crippen LogP contribution in [-0.2, 0) is 0 Å². The molecule has 9 nitrogen and oxygen atoms in total. The van der Waals surface area contributed by atoms with Crippen LogP contribution < -0.4 is 5.32 Å². The second-order valence-corrected chi connectivity index (χ2v) is 1.89. The Balaban J connectivity index is 2.92. The van der Waals surface area contributed by atoms with Crippen molar-refractivity contribution in [3.63, 3.8) is 0 Å². The Morgan fingerprint density at radius 3 is 2.77 bits per heavy atom. The normalized spacial score (nSPS) is 20.6. The van der Waals surface area contributed by atoms with Crippen molar-refractivity contribution in [2.45, 2.75) is 0 Å². The molecule has 0 aromatic carbocycles. The van der Waals surface area contributed by atoms with Gasteiger partial charge in [0.2, 0.25) is 0 Å². The van der Waals surface area contributed by atoms with Gasteiger partial charge in [-0.05, 0) is 0 Å². The third-order valence-corrected chi connectivity index (χ3v) is 1.06. The number of amidine groups is 1. The van der Waals surface area contributed by atoms with E-state index in [0.29, 0.717) is 6.20 Å². The number of hydrogen-bond donors (Lipinski definition) is 1. The summed E-state index contributed by atoms with van der Waals surface area (Å²) < 4.78 is 0. The third kappa shape index (κ3) is 2.32. The van der Waals surface area contributed by atoms with E-state index in [9.17, 15) is 20.2 Å². The molecular weight excluding hydrogens is 182 g/mol. The molecule has 0 radical (unpaired) electrons. The lowest BCUT2D eigenvalue weighted by Gasteiger charge is -1.89. The highest BCUT2D eigenvalue weighted by molar-refractivity contribution is 6.07. The molecule has 0 saturated carbocycles. The maximum Gasteiger partial charge on any atom is 0.261 e. The molecule has 0 unspecified atom stereocenters. The molecule has 0 bridgehead atoms. The lowest BCUT2D eigenvalue weighted by molar-refractivity contribution is -0.485. The molecular formula is C4H3N5O4. The van der Waals surface area contributed by atoms with Gasteiger partial charge in [0, 0.05) is 0 Å². The summed E-state index contributed by atoms with van der Waals surface area (Å²) in [7, 11) is 0. The quantitative estimate of drug-likeness (QED) is 0.451. The van der Waals surface area contributed by atoms with Gasteiger partial charge in [0.1, 0.15) is 0 Å². The predicted octanol–water partition coefficient (Wildman–Crippen LogP) is -0.674. The van der Waals surface area contributed by atoms with Crippen LogP contribution in [0, 0.1) is 20.2 Å². The van der Waals surface area contributed by atoms with Gasteiger partial charge in [-0.15, -0.1) is 0 Å². The van der Waals surface area contributed by atoms with E-state index in [1.165, 1.54) is 0 Å². The first kappa shape index (κ1) is 8.77. The van der Waals surface area contributed by atoms with E-state index in [1.807, 2.05) is 0 Å². The number of hydrazone groups is 1. The highest BCUT2D eigenvalue weighted by atomic mass is 16.7. The molecule has 0 fully saturated rings. The SMILES string of the molecule is O=[N+]([O-])C=C1NC=NC1=N[N+](=O)[O-]. The molecule has 0 atom stereocenters. The molecule has 1 aliphatic heterocycles. The molecule has 68 valence electrons. The predicted molar refractivity (Wildman–Crippen MR) is 41.1 cm³/mol. The Kier molecular flexibility index (Phi) is 2.28. The van der Waals surface area contributed by atoms with Crippen molar-refractivity contribution in [3.8, 4) is 0 Å². The van der Waals surface area contributed by atoms with Crippen LogP contribution in [0.2, 0.25) is 0 Å². The minimum Gasteiger partial charge on any atom is -0.338 e. The van der Waals surface area contributed by atoms with Gasteiger partial charge in [0.15, 0.2) is 10.7 Å². The first-order valence-corrected chi connectivity index (χ1v) is 2.97. The van der Waals surface area contributed by atoms with Crippen LogP contribution in [0.3, 0.4) is 0 Å². The van der Waals surface area contributed by atoms with Crippen molar-refractivity contribution in [1.29, 1.82) is 0 Å². The van der Waals surface area contributed by atoms with Gasteiger partial charge >= 0.3 is 0 Å². The zero-order valence-corrected chi connectivity index (χ0v) is 6.08. The number of aliphatic imine (C=N–C) groups is 1. The molecule has 1 rings (SSSR count). The lowest BCUT2D eigenvalue weighted by atomic mass is 10.4. The van der Waals surface area contributed by atoms with Gasteiger partial charge in [0.05, 0.1) is 16.4 Å². The Morgan fingerprint density at radius 2 is 2.23 bits per heavy atom. The molecule has 9 heteroatoms. The first-order chi connectivity index (χ1) is 6.09. The minimum absolute atomic E-state index is 0.110. The van der Waals surface area contributed by atoms with Crippen LogP contribution in [0.25, 0.3) is 0 Å². The Morgan fingerprint density at radius 1 is 1.54 bits per heavy atom. The first-order valence-electron chi connectivity index (χ1n) is 2.97. The molecule has 13 heavy (non-hydrogen) atoms. The van der Waals surface area contributed by atoms with E-state index in [-0.39, 0.29) is 11.5 Å². The molecule has 1 N–H and O–H groups in total. The Labute approximate surface area is 70.8 Å². The van der Waals surface area contributed by atoms with Crippen LogP contribution in [0.4, 0.5) is 0 Å². The number of nitrogens with zero attached hydrogens (tertiary/aromatic N) is 4. The van der Waals surface area contributed by atoms with Crippen molar-refractivity contribution < 1.29 is 9.96 Å². The summed E-state index contributed by atoms with van der Waals surface area (Å²) in [6.07, 6.45) is 1.63.